The first-order valence-electron chi connectivity index (χ1n) is 7.32. The van der Waals surface area contributed by atoms with Gasteiger partial charge in [0.05, 0.1) is 14.2 Å². The Hall–Kier alpha value is -2.78. The van der Waals surface area contributed by atoms with E-state index >= 15 is 0 Å². The summed E-state index contributed by atoms with van der Waals surface area (Å²) in [6.45, 7) is 0.428. The molecule has 1 aromatic heterocycles. The summed E-state index contributed by atoms with van der Waals surface area (Å²) in [6.07, 6.45) is 2.22. The molecule has 24 heavy (non-hydrogen) atoms. The first-order chi connectivity index (χ1) is 11.7. The highest BCUT2D eigenvalue weighted by atomic mass is 32.1. The van der Waals surface area contributed by atoms with E-state index in [-0.39, 0.29) is 11.5 Å². The Morgan fingerprint density at radius 3 is 2.71 bits per heavy atom. The predicted octanol–water partition coefficient (Wildman–Crippen LogP) is 3.03. The summed E-state index contributed by atoms with van der Waals surface area (Å²) in [5.74, 6) is 0.943. The fourth-order valence-electron chi connectivity index (χ4n) is 2.12. The molecule has 0 saturated heterocycles. The lowest BCUT2D eigenvalue weighted by molar-refractivity contribution is -0.117. The van der Waals surface area contributed by atoms with E-state index in [1.807, 2.05) is 41.8 Å². The van der Waals surface area contributed by atoms with Crippen molar-refractivity contribution < 1.29 is 14.3 Å². The first-order valence-corrected chi connectivity index (χ1v) is 8.20. The minimum atomic E-state index is -0.369. The number of ether oxygens (including phenoxy) is 2. The highest BCUT2D eigenvalue weighted by Gasteiger charge is 2.09. The Bertz CT molecular complexity index is 761. The van der Waals surface area contributed by atoms with Gasteiger partial charge >= 0.3 is 0 Å². The summed E-state index contributed by atoms with van der Waals surface area (Å²) >= 11 is 1.48. The molecular weight excluding hydrogens is 324 g/mol. The van der Waals surface area contributed by atoms with Gasteiger partial charge < -0.3 is 14.8 Å². The van der Waals surface area contributed by atoms with Crippen LogP contribution in [-0.2, 0) is 11.2 Å². The van der Waals surface area contributed by atoms with Crippen molar-refractivity contribution in [2.24, 2.45) is 0 Å². The van der Waals surface area contributed by atoms with Gasteiger partial charge in [-0.2, -0.15) is 5.26 Å². The lowest BCUT2D eigenvalue weighted by atomic mass is 10.1. The third kappa shape index (κ3) is 4.61. The maximum absolute atomic E-state index is 12.1. The van der Waals surface area contributed by atoms with Gasteiger partial charge in [0.15, 0.2) is 11.5 Å². The Morgan fingerprint density at radius 2 is 2.08 bits per heavy atom. The molecular formula is C18H18N2O3S. The zero-order valence-corrected chi connectivity index (χ0v) is 14.4. The maximum Gasteiger partial charge on any atom is 0.261 e. The predicted molar refractivity (Wildman–Crippen MR) is 94.2 cm³/mol. The molecule has 2 rings (SSSR count). The highest BCUT2D eigenvalue weighted by molar-refractivity contribution is 7.10. The van der Waals surface area contributed by atoms with Crippen LogP contribution < -0.4 is 14.8 Å². The standard InChI is InChI=1S/C18H18N2O3S/c1-22-16-6-5-13(10-17(16)23-2)7-8-20-18(21)14(12-19)11-15-4-3-9-24-15/h3-6,9-11H,7-8H2,1-2H3,(H,20,21)/b14-11-. The Balaban J connectivity index is 1.94. The van der Waals surface area contributed by atoms with E-state index < -0.39 is 0 Å². The van der Waals surface area contributed by atoms with Gasteiger partial charge in [-0.1, -0.05) is 12.1 Å². The highest BCUT2D eigenvalue weighted by Crippen LogP contribution is 2.27. The van der Waals surface area contributed by atoms with Gasteiger partial charge in [-0.15, -0.1) is 11.3 Å². The number of thiophene rings is 1. The lowest BCUT2D eigenvalue weighted by Gasteiger charge is -2.10. The van der Waals surface area contributed by atoms with Crippen LogP contribution in [-0.4, -0.2) is 26.7 Å². The minimum absolute atomic E-state index is 0.102. The number of nitrogens with zero attached hydrogens (tertiary/aromatic N) is 1. The van der Waals surface area contributed by atoms with Crippen molar-refractivity contribution in [3.8, 4) is 17.6 Å². The fourth-order valence-corrected chi connectivity index (χ4v) is 2.77. The van der Waals surface area contributed by atoms with E-state index in [4.69, 9.17) is 14.7 Å². The third-order valence-electron chi connectivity index (χ3n) is 3.34. The molecule has 0 aliphatic heterocycles. The Kier molecular flexibility index (Phi) is 6.41. The van der Waals surface area contributed by atoms with Crippen molar-refractivity contribution in [1.82, 2.24) is 5.32 Å². The zero-order valence-electron chi connectivity index (χ0n) is 13.5. The van der Waals surface area contributed by atoms with Gasteiger partial charge in [0.25, 0.3) is 5.91 Å². The lowest BCUT2D eigenvalue weighted by Crippen LogP contribution is -2.26. The van der Waals surface area contributed by atoms with Crippen molar-refractivity contribution in [2.75, 3.05) is 20.8 Å². The van der Waals surface area contributed by atoms with Crippen LogP contribution in [0.25, 0.3) is 6.08 Å². The third-order valence-corrected chi connectivity index (χ3v) is 4.16. The molecule has 0 fully saturated rings. The number of hydrogen-bond donors (Lipinski definition) is 1. The van der Waals surface area contributed by atoms with E-state index in [1.54, 1.807) is 20.3 Å². The van der Waals surface area contributed by atoms with Gasteiger partial charge in [0, 0.05) is 11.4 Å². The number of nitriles is 1. The molecule has 0 unspecified atom stereocenters. The summed E-state index contributed by atoms with van der Waals surface area (Å²) in [5, 5.41) is 13.8. The van der Waals surface area contributed by atoms with E-state index in [1.165, 1.54) is 11.3 Å². The van der Waals surface area contributed by atoms with E-state index in [2.05, 4.69) is 5.32 Å². The number of benzene rings is 1. The van der Waals surface area contributed by atoms with Crippen LogP contribution in [0.5, 0.6) is 11.5 Å². The number of hydrogen-bond acceptors (Lipinski definition) is 5. The number of amides is 1. The summed E-state index contributed by atoms with van der Waals surface area (Å²) in [7, 11) is 3.17. The molecule has 2 aromatic rings. The summed E-state index contributed by atoms with van der Waals surface area (Å²) < 4.78 is 10.4. The maximum atomic E-state index is 12.1. The van der Waals surface area contributed by atoms with Gasteiger partial charge in [0.1, 0.15) is 11.6 Å². The van der Waals surface area contributed by atoms with E-state index in [0.717, 1.165) is 10.4 Å². The molecule has 0 aliphatic rings. The smallest absolute Gasteiger partial charge is 0.261 e. The van der Waals surface area contributed by atoms with Crippen molar-refractivity contribution in [1.29, 1.82) is 5.26 Å². The average Bonchev–Trinajstić information content (AvgIpc) is 3.12. The molecule has 0 bridgehead atoms. The van der Waals surface area contributed by atoms with Gasteiger partial charge in [-0.25, -0.2) is 0 Å². The number of nitrogens with one attached hydrogen (secondary N) is 1. The quantitative estimate of drug-likeness (QED) is 0.620. The SMILES string of the molecule is COc1ccc(CCNC(=O)/C(C#N)=C\c2cccs2)cc1OC. The molecule has 0 spiro atoms. The minimum Gasteiger partial charge on any atom is -0.493 e. The van der Waals surface area contributed by atoms with Gasteiger partial charge in [-0.05, 0) is 41.6 Å². The van der Waals surface area contributed by atoms with Crippen LogP contribution in [0.3, 0.4) is 0 Å². The molecule has 124 valence electrons. The monoisotopic (exact) mass is 342 g/mol. The van der Waals surface area contributed by atoms with E-state index in [9.17, 15) is 4.79 Å². The van der Waals surface area contributed by atoms with Gasteiger partial charge in [0.2, 0.25) is 0 Å². The Labute approximate surface area is 145 Å². The number of methoxy groups -OCH3 is 2. The van der Waals surface area contributed by atoms with Crippen molar-refractivity contribution >= 4 is 23.3 Å². The van der Waals surface area contributed by atoms with Crippen molar-refractivity contribution in [3.63, 3.8) is 0 Å². The van der Waals surface area contributed by atoms with Crippen LogP contribution in [0.1, 0.15) is 10.4 Å². The second-order valence-electron chi connectivity index (χ2n) is 4.88. The molecule has 1 aromatic carbocycles. The van der Waals surface area contributed by atoms with Crippen molar-refractivity contribution in [3.05, 3.63) is 51.7 Å². The summed E-state index contributed by atoms with van der Waals surface area (Å²) in [6, 6.07) is 11.3. The normalized spacial score (nSPS) is 10.8. The average molecular weight is 342 g/mol. The topological polar surface area (TPSA) is 71.3 Å². The second-order valence-corrected chi connectivity index (χ2v) is 5.86. The molecule has 0 saturated carbocycles. The second kappa shape index (κ2) is 8.75. The molecule has 1 heterocycles. The molecule has 0 atom stereocenters. The number of rotatable bonds is 7. The number of carbonyl (C=O) groups excluding carboxylic acids is 1. The van der Waals surface area contributed by atoms with Gasteiger partial charge in [-0.3, -0.25) is 4.79 Å². The fraction of sp³-hybridized carbons (Fsp3) is 0.222. The van der Waals surface area contributed by atoms with Crippen LogP contribution in [0.2, 0.25) is 0 Å². The zero-order chi connectivity index (χ0) is 17.4. The Morgan fingerprint density at radius 1 is 1.29 bits per heavy atom. The molecule has 5 nitrogen and oxygen atoms in total. The summed E-state index contributed by atoms with van der Waals surface area (Å²) in [5.41, 5.74) is 1.11. The van der Waals surface area contributed by atoms with Crippen LogP contribution in [0.15, 0.2) is 41.3 Å². The first kappa shape index (κ1) is 17.6. The molecule has 1 amide bonds. The van der Waals surface area contributed by atoms with Crippen LogP contribution in [0.4, 0.5) is 0 Å². The molecule has 0 radical (unpaired) electrons. The molecule has 6 heteroatoms. The molecule has 1 N–H and O–H groups in total. The van der Waals surface area contributed by atoms with E-state index in [0.29, 0.717) is 24.5 Å². The molecule has 0 aliphatic carbocycles. The van der Waals surface area contributed by atoms with Crippen molar-refractivity contribution in [2.45, 2.75) is 6.42 Å². The van der Waals surface area contributed by atoms with Crippen LogP contribution in [0, 0.1) is 11.3 Å². The largest absolute Gasteiger partial charge is 0.493 e. The number of carbonyl (C=O) groups is 1. The summed E-state index contributed by atoms with van der Waals surface area (Å²) in [4.78, 5) is 12.9. The van der Waals surface area contributed by atoms with Crippen LogP contribution >= 0.6 is 11.3 Å².